The second-order valence-corrected chi connectivity index (χ2v) is 6.45. The van der Waals surface area contributed by atoms with Crippen LogP contribution in [0.1, 0.15) is 10.5 Å². The van der Waals surface area contributed by atoms with Crippen molar-refractivity contribution in [3.63, 3.8) is 0 Å². The van der Waals surface area contributed by atoms with Gasteiger partial charge in [0.15, 0.2) is 0 Å². The second kappa shape index (κ2) is 7.48. The molecule has 1 saturated heterocycles. The van der Waals surface area contributed by atoms with Gasteiger partial charge in [-0.1, -0.05) is 0 Å². The lowest BCUT2D eigenvalue weighted by molar-refractivity contribution is 0.0658. The molecular formula is C18H24N6O. The second-order valence-electron chi connectivity index (χ2n) is 6.45. The van der Waals surface area contributed by atoms with Crippen molar-refractivity contribution in [3.05, 3.63) is 42.4 Å². The van der Waals surface area contributed by atoms with Gasteiger partial charge >= 0.3 is 0 Å². The SMILES string of the molecule is CN1CCN(C(=O)c2cc(Nc3ccc(N(C)C)cc3)ncn2)CC1. The molecule has 1 aliphatic rings. The van der Waals surface area contributed by atoms with E-state index in [0.717, 1.165) is 37.6 Å². The lowest BCUT2D eigenvalue weighted by Gasteiger charge is -2.32. The summed E-state index contributed by atoms with van der Waals surface area (Å²) < 4.78 is 0. The number of likely N-dealkylation sites (N-methyl/N-ethyl adjacent to an activating group) is 1. The number of carbonyl (C=O) groups excluding carboxylic acids is 1. The third-order valence-corrected chi connectivity index (χ3v) is 4.33. The molecule has 7 nitrogen and oxygen atoms in total. The summed E-state index contributed by atoms with van der Waals surface area (Å²) in [6, 6.07) is 9.74. The zero-order valence-electron chi connectivity index (χ0n) is 14.9. The quantitative estimate of drug-likeness (QED) is 0.913. The van der Waals surface area contributed by atoms with Gasteiger partial charge < -0.3 is 20.0 Å². The third-order valence-electron chi connectivity index (χ3n) is 4.33. The Balaban J connectivity index is 1.69. The van der Waals surface area contributed by atoms with Crippen LogP contribution in [-0.4, -0.2) is 73.0 Å². The lowest BCUT2D eigenvalue weighted by atomic mass is 10.2. The molecule has 2 aromatic rings. The van der Waals surface area contributed by atoms with Crippen LogP contribution in [0, 0.1) is 0 Å². The van der Waals surface area contributed by atoms with Crippen LogP contribution in [0.25, 0.3) is 0 Å². The minimum Gasteiger partial charge on any atom is -0.378 e. The zero-order valence-corrected chi connectivity index (χ0v) is 14.9. The van der Waals surface area contributed by atoms with Gasteiger partial charge in [-0.25, -0.2) is 9.97 Å². The van der Waals surface area contributed by atoms with Gasteiger partial charge in [0.2, 0.25) is 0 Å². The summed E-state index contributed by atoms with van der Waals surface area (Å²) >= 11 is 0. The van der Waals surface area contributed by atoms with Gasteiger partial charge in [-0.15, -0.1) is 0 Å². The first-order chi connectivity index (χ1) is 12.0. The van der Waals surface area contributed by atoms with Crippen molar-refractivity contribution < 1.29 is 4.79 Å². The van der Waals surface area contributed by atoms with Crippen molar-refractivity contribution >= 4 is 23.1 Å². The Morgan fingerprint density at radius 3 is 2.40 bits per heavy atom. The van der Waals surface area contributed by atoms with E-state index in [1.807, 2.05) is 48.2 Å². The van der Waals surface area contributed by atoms with Crippen molar-refractivity contribution in [2.45, 2.75) is 0 Å². The summed E-state index contributed by atoms with van der Waals surface area (Å²) in [7, 11) is 6.07. The van der Waals surface area contributed by atoms with E-state index in [4.69, 9.17) is 0 Å². The van der Waals surface area contributed by atoms with Crippen molar-refractivity contribution in [3.8, 4) is 0 Å². The Hall–Kier alpha value is -2.67. The summed E-state index contributed by atoms with van der Waals surface area (Å²) in [6.07, 6.45) is 1.43. The van der Waals surface area contributed by atoms with Crippen LogP contribution in [0.15, 0.2) is 36.7 Å². The molecule has 1 aromatic carbocycles. The van der Waals surface area contributed by atoms with Crippen molar-refractivity contribution in [1.82, 2.24) is 19.8 Å². The number of nitrogens with zero attached hydrogens (tertiary/aromatic N) is 5. The first-order valence-corrected chi connectivity index (χ1v) is 8.37. The molecule has 1 aromatic heterocycles. The molecule has 0 bridgehead atoms. The molecule has 0 aliphatic carbocycles. The zero-order chi connectivity index (χ0) is 17.8. The van der Waals surface area contributed by atoms with Crippen molar-refractivity contribution in [1.29, 1.82) is 0 Å². The highest BCUT2D eigenvalue weighted by Crippen LogP contribution is 2.19. The summed E-state index contributed by atoms with van der Waals surface area (Å²) in [4.78, 5) is 27.1. The number of benzene rings is 1. The number of aromatic nitrogens is 2. The topological polar surface area (TPSA) is 64.6 Å². The Morgan fingerprint density at radius 1 is 1.08 bits per heavy atom. The van der Waals surface area contributed by atoms with E-state index in [1.165, 1.54) is 6.33 Å². The predicted molar refractivity (Wildman–Crippen MR) is 99.5 cm³/mol. The molecular weight excluding hydrogens is 316 g/mol. The monoisotopic (exact) mass is 340 g/mol. The smallest absolute Gasteiger partial charge is 0.272 e. The molecule has 25 heavy (non-hydrogen) atoms. The van der Waals surface area contributed by atoms with Crippen LogP contribution in [0.5, 0.6) is 0 Å². The number of amides is 1. The number of piperazine rings is 1. The van der Waals surface area contributed by atoms with E-state index in [2.05, 4.69) is 27.2 Å². The van der Waals surface area contributed by atoms with Crippen molar-refractivity contribution in [2.75, 3.05) is 57.5 Å². The fourth-order valence-corrected chi connectivity index (χ4v) is 2.70. The van der Waals surface area contributed by atoms with Crippen LogP contribution in [-0.2, 0) is 0 Å². The molecule has 1 amide bonds. The maximum atomic E-state index is 12.6. The van der Waals surface area contributed by atoms with Crippen LogP contribution in [0.4, 0.5) is 17.2 Å². The molecule has 1 aliphatic heterocycles. The molecule has 0 spiro atoms. The van der Waals surface area contributed by atoms with Gasteiger partial charge in [-0.05, 0) is 31.3 Å². The molecule has 3 rings (SSSR count). The summed E-state index contributed by atoms with van der Waals surface area (Å²) in [6.45, 7) is 3.24. The molecule has 7 heteroatoms. The number of hydrogen-bond donors (Lipinski definition) is 1. The minimum atomic E-state index is -0.0403. The Labute approximate surface area is 148 Å². The first-order valence-electron chi connectivity index (χ1n) is 8.37. The van der Waals surface area contributed by atoms with E-state index >= 15 is 0 Å². The van der Waals surface area contributed by atoms with E-state index in [-0.39, 0.29) is 5.91 Å². The Kier molecular flexibility index (Phi) is 5.14. The maximum absolute atomic E-state index is 12.6. The largest absolute Gasteiger partial charge is 0.378 e. The van der Waals surface area contributed by atoms with Gasteiger partial charge in [0.05, 0.1) is 0 Å². The molecule has 0 atom stereocenters. The van der Waals surface area contributed by atoms with Gasteiger partial charge in [-0.3, -0.25) is 4.79 Å². The van der Waals surface area contributed by atoms with Crippen molar-refractivity contribution in [2.24, 2.45) is 0 Å². The van der Waals surface area contributed by atoms with E-state index in [9.17, 15) is 4.79 Å². The van der Waals surface area contributed by atoms with Gasteiger partial charge in [0.25, 0.3) is 5.91 Å². The minimum absolute atomic E-state index is 0.0403. The maximum Gasteiger partial charge on any atom is 0.272 e. The highest BCUT2D eigenvalue weighted by molar-refractivity contribution is 5.93. The van der Waals surface area contributed by atoms with Gasteiger partial charge in [-0.2, -0.15) is 0 Å². The van der Waals surface area contributed by atoms with Gasteiger partial charge in [0, 0.05) is 57.7 Å². The fourth-order valence-electron chi connectivity index (χ4n) is 2.70. The molecule has 2 heterocycles. The molecule has 1 N–H and O–H groups in total. The van der Waals surface area contributed by atoms with E-state index < -0.39 is 0 Å². The van der Waals surface area contributed by atoms with E-state index in [0.29, 0.717) is 11.5 Å². The first kappa shape index (κ1) is 17.2. The summed E-state index contributed by atoms with van der Waals surface area (Å²) in [5, 5.41) is 3.23. The molecule has 0 unspecified atom stereocenters. The molecule has 1 fully saturated rings. The van der Waals surface area contributed by atoms with Crippen LogP contribution in [0.3, 0.4) is 0 Å². The highest BCUT2D eigenvalue weighted by Gasteiger charge is 2.21. The Bertz CT molecular complexity index is 723. The van der Waals surface area contributed by atoms with Crippen LogP contribution in [0.2, 0.25) is 0 Å². The average molecular weight is 340 g/mol. The molecule has 0 saturated carbocycles. The standard InChI is InChI=1S/C18H24N6O/c1-22(2)15-6-4-14(5-7-15)21-17-12-16(19-13-20-17)18(25)24-10-8-23(3)9-11-24/h4-7,12-13H,8-11H2,1-3H3,(H,19,20,21). The number of rotatable bonds is 4. The molecule has 0 radical (unpaired) electrons. The number of nitrogens with one attached hydrogen (secondary N) is 1. The number of hydrogen-bond acceptors (Lipinski definition) is 6. The fraction of sp³-hybridized carbons (Fsp3) is 0.389. The van der Waals surface area contributed by atoms with Crippen LogP contribution >= 0.6 is 0 Å². The Morgan fingerprint density at radius 2 is 1.76 bits per heavy atom. The molecule has 132 valence electrons. The lowest BCUT2D eigenvalue weighted by Crippen LogP contribution is -2.47. The normalized spacial score (nSPS) is 15.1. The summed E-state index contributed by atoms with van der Waals surface area (Å²) in [5.74, 6) is 0.576. The predicted octanol–water partition coefficient (Wildman–Crippen LogP) is 1.67. The number of carbonyl (C=O) groups is 1. The summed E-state index contributed by atoms with van der Waals surface area (Å²) in [5.41, 5.74) is 2.47. The number of anilines is 3. The highest BCUT2D eigenvalue weighted by atomic mass is 16.2. The van der Waals surface area contributed by atoms with Gasteiger partial charge in [0.1, 0.15) is 17.8 Å². The third kappa shape index (κ3) is 4.24. The van der Waals surface area contributed by atoms with Crippen LogP contribution < -0.4 is 10.2 Å². The van der Waals surface area contributed by atoms with E-state index in [1.54, 1.807) is 6.07 Å². The average Bonchev–Trinajstić information content (AvgIpc) is 2.62.